The molecule has 3 atom stereocenters. The summed E-state index contributed by atoms with van der Waals surface area (Å²) in [5.74, 6) is -0.0227. The molecule has 0 saturated carbocycles. The first-order chi connectivity index (χ1) is 32.6. The predicted molar refractivity (Wildman–Crippen MR) is 272 cm³/mol. The highest BCUT2D eigenvalue weighted by molar-refractivity contribution is 7.13. The molecule has 12 heteroatoms. The lowest BCUT2D eigenvalue weighted by atomic mass is 9.85. The van der Waals surface area contributed by atoms with Crippen molar-refractivity contribution in [2.75, 3.05) is 26.7 Å². The van der Waals surface area contributed by atoms with E-state index in [1.165, 1.54) is 20.9 Å². The van der Waals surface area contributed by atoms with E-state index in [0.717, 1.165) is 52.7 Å². The number of aromatic hydroxyl groups is 1. The molecule has 4 N–H and O–H groups in total. The van der Waals surface area contributed by atoms with Gasteiger partial charge >= 0.3 is 0 Å². The fraction of sp³-hybridized carbons (Fsp3) is 0.393. The van der Waals surface area contributed by atoms with Crippen molar-refractivity contribution in [1.82, 2.24) is 20.4 Å². The van der Waals surface area contributed by atoms with E-state index in [4.69, 9.17) is 4.74 Å². The third-order valence-electron chi connectivity index (χ3n) is 12.6. The third kappa shape index (κ3) is 13.9. The number of phenols is 1. The fourth-order valence-electron chi connectivity index (χ4n) is 8.66. The van der Waals surface area contributed by atoms with E-state index < -0.39 is 23.6 Å². The Labute approximate surface area is 406 Å². The maximum absolute atomic E-state index is 14.0. The summed E-state index contributed by atoms with van der Waals surface area (Å²) >= 11 is 1.69. The Morgan fingerprint density at radius 3 is 2.10 bits per heavy atom. The lowest BCUT2D eigenvalue weighted by molar-refractivity contribution is -0.144. The van der Waals surface area contributed by atoms with Crippen molar-refractivity contribution in [2.24, 2.45) is 5.41 Å². The first kappa shape index (κ1) is 51.2. The van der Waals surface area contributed by atoms with E-state index in [-0.39, 0.29) is 55.3 Å². The standard InChI is InChI=1S/C56H68N4O7S/c1-7-47(40-15-11-10-12-16-40)51(41-23-27-44(61)28-24-41)42-25-29-46(30-26-42)67-33-32-59(6)50(64)18-14-9-8-13-17-49(63)58-53(56(3,4)5)55(66)60-37-45(62)35-48(60)54(65)57-36-39-19-21-43(22-20-39)52-38(2)31-34-68-52/h10-12,15-16,19-31,34,45,48,53,61-62H,7-9,13-14,17-18,32-33,35-37H2,1-6H3,(H,57,65)(H,58,63)/b51-47-/t45-,48+,53-/m1/s1. The lowest BCUT2D eigenvalue weighted by Gasteiger charge is -2.35. The van der Waals surface area contributed by atoms with Gasteiger partial charge in [0.2, 0.25) is 23.6 Å². The number of benzene rings is 4. The van der Waals surface area contributed by atoms with Crippen LogP contribution < -0.4 is 15.4 Å². The maximum Gasteiger partial charge on any atom is 0.246 e. The molecule has 360 valence electrons. The van der Waals surface area contributed by atoms with Crippen LogP contribution in [0.15, 0.2) is 115 Å². The minimum Gasteiger partial charge on any atom is -0.508 e. The highest BCUT2D eigenvalue weighted by atomic mass is 32.1. The molecule has 1 saturated heterocycles. The Kier molecular flexibility index (Phi) is 18.2. The van der Waals surface area contributed by atoms with E-state index in [1.807, 2.05) is 99.6 Å². The van der Waals surface area contributed by atoms with Crippen LogP contribution in [-0.2, 0) is 25.7 Å². The number of allylic oxidation sites excluding steroid dienone is 1. The number of amides is 4. The zero-order valence-corrected chi connectivity index (χ0v) is 41.2. The average Bonchev–Trinajstić information content (AvgIpc) is 3.95. The number of β-amino-alcohol motifs (C(OH)–C–C–N with tert-alkyl or cyclic N) is 1. The number of aliphatic hydroxyl groups is 1. The lowest BCUT2D eigenvalue weighted by Crippen LogP contribution is -2.57. The number of aliphatic hydroxyl groups excluding tert-OH is 1. The first-order valence-electron chi connectivity index (χ1n) is 23.9. The second-order valence-electron chi connectivity index (χ2n) is 18.8. The van der Waals surface area contributed by atoms with Crippen LogP contribution in [-0.4, -0.2) is 88.6 Å². The number of likely N-dealkylation sites (tertiary alicyclic amines) is 1. The number of carbonyl (C=O) groups excluding carboxylic acids is 4. The SMILES string of the molecule is CC/C(=C(\c1ccc(O)cc1)c1ccc(OCCN(C)C(=O)CCCCCCC(=O)N[C@H](C(=O)N2C[C@H](O)C[C@H]2C(=O)NCc2ccc(-c3sccc3C)cc2)C(C)(C)C)cc1)c1ccccc1. The molecule has 11 nitrogen and oxygen atoms in total. The van der Waals surface area contributed by atoms with Gasteiger partial charge < -0.3 is 35.4 Å². The topological polar surface area (TPSA) is 149 Å². The number of unbranched alkanes of at least 4 members (excludes halogenated alkanes) is 3. The van der Waals surface area contributed by atoms with Crippen LogP contribution in [0.2, 0.25) is 0 Å². The second kappa shape index (κ2) is 24.2. The van der Waals surface area contributed by atoms with Crippen molar-refractivity contribution in [1.29, 1.82) is 0 Å². The number of ether oxygens (including phenoxy) is 1. The van der Waals surface area contributed by atoms with Crippen LogP contribution in [0.3, 0.4) is 0 Å². The highest BCUT2D eigenvalue weighted by Crippen LogP contribution is 2.36. The molecule has 0 radical (unpaired) electrons. The fourth-order valence-corrected chi connectivity index (χ4v) is 9.59. The van der Waals surface area contributed by atoms with Crippen LogP contribution in [0.4, 0.5) is 0 Å². The number of thiophene rings is 1. The molecule has 1 aliphatic heterocycles. The number of hydrogen-bond acceptors (Lipinski definition) is 8. The molecule has 0 unspecified atom stereocenters. The number of rotatable bonds is 21. The van der Waals surface area contributed by atoms with Crippen molar-refractivity contribution in [3.8, 4) is 21.9 Å². The zero-order chi connectivity index (χ0) is 48.8. The van der Waals surface area contributed by atoms with Crippen LogP contribution in [0.25, 0.3) is 21.6 Å². The van der Waals surface area contributed by atoms with Gasteiger partial charge in [0.25, 0.3) is 0 Å². The number of aryl methyl sites for hydroxylation is 1. The van der Waals surface area contributed by atoms with Gasteiger partial charge in [-0.15, -0.1) is 11.3 Å². The van der Waals surface area contributed by atoms with Gasteiger partial charge in [0.15, 0.2) is 0 Å². The predicted octanol–water partition coefficient (Wildman–Crippen LogP) is 9.79. The number of carbonyl (C=O) groups is 4. The van der Waals surface area contributed by atoms with Gasteiger partial charge in [0, 0.05) is 44.3 Å². The van der Waals surface area contributed by atoms with E-state index in [9.17, 15) is 29.4 Å². The van der Waals surface area contributed by atoms with E-state index in [0.29, 0.717) is 38.2 Å². The molecule has 5 aromatic rings. The minimum atomic E-state index is -0.888. The average molecular weight is 941 g/mol. The van der Waals surface area contributed by atoms with Gasteiger partial charge in [0.1, 0.15) is 30.2 Å². The van der Waals surface area contributed by atoms with Gasteiger partial charge in [-0.3, -0.25) is 19.2 Å². The van der Waals surface area contributed by atoms with Crippen molar-refractivity contribution >= 4 is 46.1 Å². The number of nitrogens with zero attached hydrogens (tertiary/aromatic N) is 2. The number of phenolic OH excluding ortho intramolecular Hbond substituents is 1. The highest BCUT2D eigenvalue weighted by Gasteiger charge is 2.44. The van der Waals surface area contributed by atoms with Gasteiger partial charge in [-0.05, 0) is 112 Å². The van der Waals surface area contributed by atoms with E-state index >= 15 is 0 Å². The van der Waals surface area contributed by atoms with Crippen molar-refractivity contribution in [2.45, 2.75) is 111 Å². The molecular weight excluding hydrogens is 873 g/mol. The summed E-state index contributed by atoms with van der Waals surface area (Å²) in [6.07, 6.45) is 3.55. The Morgan fingerprint density at radius 1 is 0.838 bits per heavy atom. The Balaban J connectivity index is 0.904. The molecule has 4 aromatic carbocycles. The van der Waals surface area contributed by atoms with Crippen molar-refractivity contribution < 1.29 is 34.1 Å². The summed E-state index contributed by atoms with van der Waals surface area (Å²) in [4.78, 5) is 58.0. The van der Waals surface area contributed by atoms with Crippen LogP contribution in [0.1, 0.15) is 107 Å². The quantitative estimate of drug-likeness (QED) is 0.0423. The number of nitrogens with one attached hydrogen (secondary N) is 2. The molecule has 6 rings (SSSR count). The Morgan fingerprint density at radius 2 is 1.49 bits per heavy atom. The monoisotopic (exact) mass is 940 g/mol. The van der Waals surface area contributed by atoms with Gasteiger partial charge in [-0.1, -0.05) is 119 Å². The molecule has 1 aromatic heterocycles. The summed E-state index contributed by atoms with van der Waals surface area (Å²) in [5, 5.41) is 28.5. The van der Waals surface area contributed by atoms with Crippen LogP contribution in [0.5, 0.6) is 11.5 Å². The molecule has 1 aliphatic rings. The maximum atomic E-state index is 14.0. The number of likely N-dealkylation sites (N-methyl/N-ethyl adjacent to an activating group) is 1. The Hall–Kier alpha value is -6.24. The Bertz CT molecular complexity index is 2480. The zero-order valence-electron chi connectivity index (χ0n) is 40.4. The largest absolute Gasteiger partial charge is 0.508 e. The second-order valence-corrected chi connectivity index (χ2v) is 19.7. The molecule has 2 heterocycles. The molecular formula is C56H68N4O7S. The van der Waals surface area contributed by atoms with Gasteiger partial charge in [0.05, 0.1) is 12.6 Å². The summed E-state index contributed by atoms with van der Waals surface area (Å²) < 4.78 is 6.05. The molecule has 68 heavy (non-hydrogen) atoms. The third-order valence-corrected chi connectivity index (χ3v) is 13.6. The summed E-state index contributed by atoms with van der Waals surface area (Å²) in [6.45, 7) is 10.9. The summed E-state index contributed by atoms with van der Waals surface area (Å²) in [7, 11) is 1.78. The van der Waals surface area contributed by atoms with Gasteiger partial charge in [-0.25, -0.2) is 0 Å². The molecule has 1 fully saturated rings. The first-order valence-corrected chi connectivity index (χ1v) is 24.7. The van der Waals surface area contributed by atoms with Crippen LogP contribution in [0, 0.1) is 12.3 Å². The van der Waals surface area contributed by atoms with Crippen LogP contribution >= 0.6 is 11.3 Å². The molecule has 0 bridgehead atoms. The molecule has 0 aliphatic carbocycles. The van der Waals surface area contributed by atoms with Crippen molar-refractivity contribution in [3.05, 3.63) is 142 Å². The number of hydrogen-bond donors (Lipinski definition) is 4. The molecule has 4 amide bonds. The normalized spacial score (nSPS) is 15.6. The summed E-state index contributed by atoms with van der Waals surface area (Å²) in [5.41, 5.74) is 8.10. The minimum absolute atomic E-state index is 0.0151. The van der Waals surface area contributed by atoms with E-state index in [2.05, 4.69) is 48.1 Å². The van der Waals surface area contributed by atoms with Crippen molar-refractivity contribution in [3.63, 3.8) is 0 Å². The molecule has 0 spiro atoms. The smallest absolute Gasteiger partial charge is 0.246 e. The van der Waals surface area contributed by atoms with Gasteiger partial charge in [-0.2, -0.15) is 0 Å². The van der Waals surface area contributed by atoms with E-state index in [1.54, 1.807) is 35.4 Å². The summed E-state index contributed by atoms with van der Waals surface area (Å²) in [6, 6.07) is 34.0.